The summed E-state index contributed by atoms with van der Waals surface area (Å²) in [6.07, 6.45) is 8.38. The summed E-state index contributed by atoms with van der Waals surface area (Å²) in [6.45, 7) is 2.49. The van der Waals surface area contributed by atoms with E-state index in [1.54, 1.807) is 10.6 Å². The Kier molecular flexibility index (Phi) is 6.29. The van der Waals surface area contributed by atoms with Gasteiger partial charge >= 0.3 is 5.69 Å². The molecule has 1 N–H and O–H groups in total. The summed E-state index contributed by atoms with van der Waals surface area (Å²) in [5.41, 5.74) is -0.739. The Hall–Kier alpha value is -1.89. The van der Waals surface area contributed by atoms with Gasteiger partial charge in [-0.05, 0) is 30.7 Å². The summed E-state index contributed by atoms with van der Waals surface area (Å²) in [7, 11) is 0. The highest BCUT2D eigenvalue weighted by Crippen LogP contribution is 2.18. The second-order valence-corrected chi connectivity index (χ2v) is 7.97. The number of rotatable bonds is 7. The van der Waals surface area contributed by atoms with Gasteiger partial charge in [0.05, 0.1) is 5.39 Å². The zero-order valence-electron chi connectivity index (χ0n) is 15.3. The third kappa shape index (κ3) is 4.09. The number of unbranched alkanes of at least 4 members (excludes halogenated alkanes) is 2. The summed E-state index contributed by atoms with van der Waals surface area (Å²) in [5.74, 6) is -0.245. The molecule has 0 bridgehead atoms. The number of fused-ring (bicyclic) bond motifs is 1. The van der Waals surface area contributed by atoms with Gasteiger partial charge in [0.1, 0.15) is 11.4 Å². The number of hydrogen-bond acceptors (Lipinski definition) is 4. The molecule has 1 saturated carbocycles. The molecule has 0 aliphatic heterocycles. The standard InChI is InChI=1S/C19H27N3O3S/c1-2-3-7-11-21-18-15(10-12-26-18)17(24)22(19(21)25)13-16(23)20-14-8-5-4-6-9-14/h10,12,14H,2-9,11,13H2,1H3,(H,20,23). The van der Waals surface area contributed by atoms with E-state index in [1.807, 2.05) is 5.38 Å². The van der Waals surface area contributed by atoms with Crippen LogP contribution in [-0.4, -0.2) is 21.1 Å². The lowest BCUT2D eigenvalue weighted by Crippen LogP contribution is -2.45. The molecule has 0 aromatic carbocycles. The fourth-order valence-electron chi connectivity index (χ4n) is 3.66. The van der Waals surface area contributed by atoms with Crippen molar-refractivity contribution in [1.82, 2.24) is 14.5 Å². The Morgan fingerprint density at radius 3 is 2.69 bits per heavy atom. The lowest BCUT2D eigenvalue weighted by molar-refractivity contribution is -0.122. The number of hydrogen-bond donors (Lipinski definition) is 1. The molecule has 0 unspecified atom stereocenters. The van der Waals surface area contributed by atoms with Gasteiger partial charge in [-0.2, -0.15) is 0 Å². The van der Waals surface area contributed by atoms with Gasteiger partial charge in [-0.25, -0.2) is 4.79 Å². The molecule has 26 heavy (non-hydrogen) atoms. The molecular formula is C19H27N3O3S. The number of aryl methyl sites for hydroxylation is 1. The molecule has 142 valence electrons. The van der Waals surface area contributed by atoms with Gasteiger partial charge in [0.15, 0.2) is 0 Å². The molecule has 6 nitrogen and oxygen atoms in total. The van der Waals surface area contributed by atoms with Crippen LogP contribution in [0.5, 0.6) is 0 Å². The van der Waals surface area contributed by atoms with Crippen LogP contribution in [0.1, 0.15) is 58.3 Å². The van der Waals surface area contributed by atoms with Gasteiger partial charge in [-0.15, -0.1) is 11.3 Å². The molecule has 1 fully saturated rings. The minimum Gasteiger partial charge on any atom is -0.352 e. The third-order valence-corrected chi connectivity index (χ3v) is 6.02. The number of carbonyl (C=O) groups is 1. The highest BCUT2D eigenvalue weighted by atomic mass is 32.1. The maximum absolute atomic E-state index is 12.9. The predicted molar refractivity (Wildman–Crippen MR) is 105 cm³/mol. The SMILES string of the molecule is CCCCCn1c(=O)n(CC(=O)NC2CCCCC2)c(=O)c2ccsc21. The average molecular weight is 378 g/mol. The summed E-state index contributed by atoms with van der Waals surface area (Å²) < 4.78 is 2.75. The van der Waals surface area contributed by atoms with Crippen molar-refractivity contribution in [3.8, 4) is 0 Å². The summed E-state index contributed by atoms with van der Waals surface area (Å²) in [6, 6.07) is 1.91. The van der Waals surface area contributed by atoms with Gasteiger partial charge in [0, 0.05) is 12.6 Å². The largest absolute Gasteiger partial charge is 0.352 e. The molecule has 2 aromatic rings. The molecule has 1 aliphatic rings. The van der Waals surface area contributed by atoms with Crippen LogP contribution < -0.4 is 16.6 Å². The second kappa shape index (κ2) is 8.66. The zero-order valence-corrected chi connectivity index (χ0v) is 16.1. The van der Waals surface area contributed by atoms with Crippen molar-refractivity contribution in [3.63, 3.8) is 0 Å². The van der Waals surface area contributed by atoms with Crippen LogP contribution in [-0.2, 0) is 17.9 Å². The maximum atomic E-state index is 12.9. The van der Waals surface area contributed by atoms with E-state index < -0.39 is 0 Å². The molecular weight excluding hydrogens is 350 g/mol. The minimum absolute atomic E-state index is 0.170. The van der Waals surface area contributed by atoms with E-state index in [-0.39, 0.29) is 29.7 Å². The number of aromatic nitrogens is 2. The Labute approximate surface area is 156 Å². The average Bonchev–Trinajstić information content (AvgIpc) is 3.12. The minimum atomic E-state index is -0.375. The van der Waals surface area contributed by atoms with Gasteiger partial charge in [-0.3, -0.25) is 18.7 Å². The van der Waals surface area contributed by atoms with E-state index in [2.05, 4.69) is 12.2 Å². The molecule has 2 aromatic heterocycles. The lowest BCUT2D eigenvalue weighted by atomic mass is 9.95. The molecule has 3 rings (SSSR count). The van der Waals surface area contributed by atoms with Crippen LogP contribution in [0.25, 0.3) is 10.2 Å². The topological polar surface area (TPSA) is 73.1 Å². The van der Waals surface area contributed by atoms with E-state index in [9.17, 15) is 14.4 Å². The maximum Gasteiger partial charge on any atom is 0.332 e. The quantitative estimate of drug-likeness (QED) is 0.754. The molecule has 1 aliphatic carbocycles. The number of carbonyl (C=O) groups excluding carboxylic acids is 1. The third-order valence-electron chi connectivity index (χ3n) is 5.08. The summed E-state index contributed by atoms with van der Waals surface area (Å²) in [5, 5.41) is 5.34. The fraction of sp³-hybridized carbons (Fsp3) is 0.632. The number of thiophene rings is 1. The molecule has 2 heterocycles. The van der Waals surface area contributed by atoms with E-state index in [0.717, 1.165) is 49.5 Å². The Morgan fingerprint density at radius 2 is 1.96 bits per heavy atom. The van der Waals surface area contributed by atoms with E-state index >= 15 is 0 Å². The molecule has 0 radical (unpaired) electrons. The van der Waals surface area contributed by atoms with Gasteiger partial charge in [0.25, 0.3) is 5.56 Å². The van der Waals surface area contributed by atoms with Crippen molar-refractivity contribution in [2.45, 2.75) is 77.4 Å². The normalized spacial score (nSPS) is 15.4. The smallest absolute Gasteiger partial charge is 0.332 e. The Morgan fingerprint density at radius 1 is 1.19 bits per heavy atom. The van der Waals surface area contributed by atoms with Crippen LogP contribution in [0.4, 0.5) is 0 Å². The van der Waals surface area contributed by atoms with Crippen LogP contribution in [0.15, 0.2) is 21.0 Å². The highest BCUT2D eigenvalue weighted by Gasteiger charge is 2.19. The number of amides is 1. The summed E-state index contributed by atoms with van der Waals surface area (Å²) >= 11 is 1.41. The number of nitrogens with zero attached hydrogens (tertiary/aromatic N) is 2. The van der Waals surface area contributed by atoms with Crippen molar-refractivity contribution in [3.05, 3.63) is 32.3 Å². The second-order valence-electron chi connectivity index (χ2n) is 7.07. The zero-order chi connectivity index (χ0) is 18.5. The van der Waals surface area contributed by atoms with Crippen molar-refractivity contribution in [2.24, 2.45) is 0 Å². The van der Waals surface area contributed by atoms with E-state index in [1.165, 1.54) is 17.8 Å². The van der Waals surface area contributed by atoms with Gasteiger partial charge in [0.2, 0.25) is 5.91 Å². The first-order valence-electron chi connectivity index (χ1n) is 9.62. The first-order chi connectivity index (χ1) is 12.6. The molecule has 0 saturated heterocycles. The first kappa shape index (κ1) is 18.9. The molecule has 1 amide bonds. The first-order valence-corrected chi connectivity index (χ1v) is 10.5. The summed E-state index contributed by atoms with van der Waals surface area (Å²) in [4.78, 5) is 38.7. The van der Waals surface area contributed by atoms with Crippen molar-refractivity contribution in [1.29, 1.82) is 0 Å². The van der Waals surface area contributed by atoms with Crippen molar-refractivity contribution < 1.29 is 4.79 Å². The number of nitrogens with one attached hydrogen (secondary N) is 1. The van der Waals surface area contributed by atoms with Crippen molar-refractivity contribution in [2.75, 3.05) is 0 Å². The van der Waals surface area contributed by atoms with Crippen molar-refractivity contribution >= 4 is 27.5 Å². The Balaban J connectivity index is 1.85. The Bertz CT molecular complexity index is 874. The van der Waals surface area contributed by atoms with Gasteiger partial charge < -0.3 is 5.32 Å². The van der Waals surface area contributed by atoms with Crippen LogP contribution in [0.3, 0.4) is 0 Å². The van der Waals surface area contributed by atoms with Gasteiger partial charge in [-0.1, -0.05) is 39.0 Å². The molecule has 0 spiro atoms. The highest BCUT2D eigenvalue weighted by molar-refractivity contribution is 7.16. The van der Waals surface area contributed by atoms with Crippen LogP contribution >= 0.6 is 11.3 Å². The van der Waals surface area contributed by atoms with Crippen LogP contribution in [0, 0.1) is 0 Å². The molecule has 0 atom stereocenters. The van der Waals surface area contributed by atoms with E-state index in [0.29, 0.717) is 16.8 Å². The van der Waals surface area contributed by atoms with E-state index in [4.69, 9.17) is 0 Å². The lowest BCUT2D eigenvalue weighted by Gasteiger charge is -2.23. The van der Waals surface area contributed by atoms with Crippen LogP contribution in [0.2, 0.25) is 0 Å². The fourth-order valence-corrected chi connectivity index (χ4v) is 4.57. The predicted octanol–water partition coefficient (Wildman–Crippen LogP) is 2.86. The molecule has 7 heteroatoms. The monoisotopic (exact) mass is 377 g/mol.